The maximum absolute atomic E-state index is 12.8. The van der Waals surface area contributed by atoms with Crippen molar-refractivity contribution in [1.82, 2.24) is 9.55 Å². The quantitative estimate of drug-likeness (QED) is 0.693. The van der Waals surface area contributed by atoms with Crippen molar-refractivity contribution in [3.63, 3.8) is 0 Å². The van der Waals surface area contributed by atoms with Crippen LogP contribution in [0, 0.1) is 13.8 Å². The van der Waals surface area contributed by atoms with Crippen LogP contribution in [-0.4, -0.2) is 22.0 Å². The van der Waals surface area contributed by atoms with E-state index >= 15 is 0 Å². The minimum Gasteiger partial charge on any atom is -0.328 e. The summed E-state index contributed by atoms with van der Waals surface area (Å²) in [4.78, 5) is 19.6. The third kappa shape index (κ3) is 2.70. The Hall–Kier alpha value is -2.62. The number of nitrogens with zero attached hydrogens (tertiary/aromatic N) is 3. The fraction of sp³-hybridized carbons (Fsp3) is 0.364. The van der Waals surface area contributed by atoms with E-state index in [1.54, 1.807) is 0 Å². The average Bonchev–Trinajstić information content (AvgIpc) is 3.19. The maximum Gasteiger partial charge on any atom is 0.227 e. The second-order valence-corrected chi connectivity index (χ2v) is 7.23. The molecule has 2 heterocycles. The molecule has 1 aliphatic heterocycles. The number of hydrogen-bond donors (Lipinski definition) is 0. The molecule has 0 aliphatic carbocycles. The van der Waals surface area contributed by atoms with E-state index in [0.717, 1.165) is 30.0 Å². The summed E-state index contributed by atoms with van der Waals surface area (Å²) < 4.78 is 2.31. The molecule has 3 aromatic rings. The van der Waals surface area contributed by atoms with Crippen molar-refractivity contribution in [3.8, 4) is 0 Å². The second kappa shape index (κ2) is 6.60. The summed E-state index contributed by atoms with van der Waals surface area (Å²) in [5, 5.41) is 0. The molecule has 0 bridgehead atoms. The van der Waals surface area contributed by atoms with Crippen LogP contribution < -0.4 is 4.90 Å². The van der Waals surface area contributed by atoms with Gasteiger partial charge in [-0.1, -0.05) is 31.2 Å². The predicted octanol–water partition coefficient (Wildman–Crippen LogP) is 4.58. The highest BCUT2D eigenvalue weighted by Gasteiger charge is 2.35. The number of para-hydroxylation sites is 2. The van der Waals surface area contributed by atoms with Crippen LogP contribution in [0.3, 0.4) is 0 Å². The van der Waals surface area contributed by atoms with Crippen LogP contribution in [0.4, 0.5) is 5.69 Å². The van der Waals surface area contributed by atoms with E-state index in [2.05, 4.69) is 55.7 Å². The molecule has 26 heavy (non-hydrogen) atoms. The number of amides is 1. The lowest BCUT2D eigenvalue weighted by Crippen LogP contribution is -2.25. The molecule has 4 nitrogen and oxygen atoms in total. The maximum atomic E-state index is 12.8. The Morgan fingerprint density at radius 1 is 1.12 bits per heavy atom. The summed E-state index contributed by atoms with van der Waals surface area (Å²) in [6.07, 6.45) is 1.58. The van der Waals surface area contributed by atoms with Crippen LogP contribution >= 0.6 is 0 Å². The molecule has 1 fully saturated rings. The summed E-state index contributed by atoms with van der Waals surface area (Å²) in [7, 11) is 0. The lowest BCUT2D eigenvalue weighted by molar-refractivity contribution is -0.117. The highest BCUT2D eigenvalue weighted by molar-refractivity contribution is 5.97. The van der Waals surface area contributed by atoms with Crippen molar-refractivity contribution in [2.75, 3.05) is 11.4 Å². The molecule has 1 aromatic heterocycles. The number of hydrogen-bond acceptors (Lipinski definition) is 2. The molecule has 1 atom stereocenters. The van der Waals surface area contributed by atoms with Gasteiger partial charge in [0.1, 0.15) is 5.82 Å². The van der Waals surface area contributed by atoms with Crippen LogP contribution in [0.25, 0.3) is 11.0 Å². The van der Waals surface area contributed by atoms with E-state index in [0.29, 0.717) is 13.0 Å². The van der Waals surface area contributed by atoms with Gasteiger partial charge in [0.2, 0.25) is 5.91 Å². The minimum absolute atomic E-state index is 0.140. The van der Waals surface area contributed by atoms with Crippen molar-refractivity contribution in [3.05, 3.63) is 59.4 Å². The first-order chi connectivity index (χ1) is 12.6. The molecule has 2 aromatic carbocycles. The van der Waals surface area contributed by atoms with Gasteiger partial charge in [-0.15, -0.1) is 0 Å². The van der Waals surface area contributed by atoms with Crippen LogP contribution in [0.15, 0.2) is 42.5 Å². The molecule has 0 N–H and O–H groups in total. The molecule has 0 saturated carbocycles. The molecule has 1 aliphatic rings. The predicted molar refractivity (Wildman–Crippen MR) is 106 cm³/mol. The summed E-state index contributed by atoms with van der Waals surface area (Å²) in [5.41, 5.74) is 5.63. The summed E-state index contributed by atoms with van der Waals surface area (Å²) in [6, 6.07) is 14.4. The third-order valence-electron chi connectivity index (χ3n) is 5.49. The standard InChI is InChI=1S/C22H25N3O/c1-4-12-24-20-10-6-5-9-18(20)23-22(24)17-13-21(26)25(14-17)19-11-7-8-15(2)16(19)3/h5-11,17H,4,12-14H2,1-3H3/t17-/m1/s1. The molecule has 1 saturated heterocycles. The summed E-state index contributed by atoms with van der Waals surface area (Å²) >= 11 is 0. The molecular weight excluding hydrogens is 322 g/mol. The smallest absolute Gasteiger partial charge is 0.227 e. The average molecular weight is 347 g/mol. The number of imidazole rings is 1. The van der Waals surface area contributed by atoms with Crippen molar-refractivity contribution >= 4 is 22.6 Å². The van der Waals surface area contributed by atoms with Gasteiger partial charge in [0.25, 0.3) is 0 Å². The number of aryl methyl sites for hydroxylation is 2. The highest BCUT2D eigenvalue weighted by Crippen LogP contribution is 2.35. The lowest BCUT2D eigenvalue weighted by Gasteiger charge is -2.20. The Kier molecular flexibility index (Phi) is 4.27. The number of aromatic nitrogens is 2. The van der Waals surface area contributed by atoms with Crippen LogP contribution in [0.5, 0.6) is 0 Å². The second-order valence-electron chi connectivity index (χ2n) is 7.23. The first-order valence-corrected chi connectivity index (χ1v) is 9.42. The van der Waals surface area contributed by atoms with Gasteiger partial charge in [-0.05, 0) is 49.6 Å². The molecule has 0 unspecified atom stereocenters. The number of anilines is 1. The Morgan fingerprint density at radius 3 is 2.73 bits per heavy atom. The number of carbonyl (C=O) groups is 1. The van der Waals surface area contributed by atoms with Gasteiger partial charge in [0.05, 0.1) is 11.0 Å². The Labute approximate surface area is 154 Å². The van der Waals surface area contributed by atoms with E-state index in [1.165, 1.54) is 16.6 Å². The largest absolute Gasteiger partial charge is 0.328 e. The number of rotatable bonds is 4. The summed E-state index contributed by atoms with van der Waals surface area (Å²) in [5.74, 6) is 1.38. The van der Waals surface area contributed by atoms with Crippen molar-refractivity contribution in [2.24, 2.45) is 0 Å². The Morgan fingerprint density at radius 2 is 1.92 bits per heavy atom. The normalized spacial score (nSPS) is 17.4. The zero-order chi connectivity index (χ0) is 18.3. The SMILES string of the molecule is CCCn1c([C@@H]2CC(=O)N(c3cccc(C)c3C)C2)nc2ccccc21. The van der Waals surface area contributed by atoms with Crippen LogP contribution in [-0.2, 0) is 11.3 Å². The topological polar surface area (TPSA) is 38.1 Å². The van der Waals surface area contributed by atoms with E-state index in [9.17, 15) is 4.79 Å². The minimum atomic E-state index is 0.140. The summed E-state index contributed by atoms with van der Waals surface area (Å²) in [6.45, 7) is 8.01. The zero-order valence-electron chi connectivity index (χ0n) is 15.7. The molecule has 4 rings (SSSR count). The van der Waals surface area contributed by atoms with E-state index in [1.807, 2.05) is 17.0 Å². The van der Waals surface area contributed by atoms with Gasteiger partial charge in [-0.2, -0.15) is 0 Å². The van der Waals surface area contributed by atoms with Gasteiger partial charge < -0.3 is 9.47 Å². The van der Waals surface area contributed by atoms with Crippen molar-refractivity contribution in [2.45, 2.75) is 46.1 Å². The van der Waals surface area contributed by atoms with Gasteiger partial charge in [0.15, 0.2) is 0 Å². The molecule has 134 valence electrons. The molecule has 0 spiro atoms. The first kappa shape index (κ1) is 16.8. The van der Waals surface area contributed by atoms with Gasteiger partial charge >= 0.3 is 0 Å². The van der Waals surface area contributed by atoms with Crippen molar-refractivity contribution in [1.29, 1.82) is 0 Å². The first-order valence-electron chi connectivity index (χ1n) is 9.42. The third-order valence-corrected chi connectivity index (χ3v) is 5.49. The molecule has 1 amide bonds. The number of carbonyl (C=O) groups excluding carboxylic acids is 1. The Bertz CT molecular complexity index is 973. The lowest BCUT2D eigenvalue weighted by atomic mass is 10.1. The molecular formula is C22H25N3O. The van der Waals surface area contributed by atoms with E-state index in [4.69, 9.17) is 4.98 Å². The fourth-order valence-electron chi connectivity index (χ4n) is 4.01. The monoisotopic (exact) mass is 347 g/mol. The fourth-order valence-corrected chi connectivity index (χ4v) is 4.01. The van der Waals surface area contributed by atoms with Crippen LogP contribution in [0.1, 0.15) is 42.6 Å². The highest BCUT2D eigenvalue weighted by atomic mass is 16.2. The van der Waals surface area contributed by atoms with Crippen LogP contribution in [0.2, 0.25) is 0 Å². The molecule has 0 radical (unpaired) electrons. The van der Waals surface area contributed by atoms with E-state index < -0.39 is 0 Å². The van der Waals surface area contributed by atoms with E-state index in [-0.39, 0.29) is 11.8 Å². The van der Waals surface area contributed by atoms with Gasteiger partial charge in [-0.25, -0.2) is 4.98 Å². The number of fused-ring (bicyclic) bond motifs is 1. The van der Waals surface area contributed by atoms with Crippen molar-refractivity contribution < 1.29 is 4.79 Å². The van der Waals surface area contributed by atoms with Gasteiger partial charge in [-0.3, -0.25) is 4.79 Å². The van der Waals surface area contributed by atoms with Gasteiger partial charge in [0, 0.05) is 31.1 Å². The Balaban J connectivity index is 1.72. The number of benzene rings is 2. The molecule has 4 heteroatoms. The zero-order valence-corrected chi connectivity index (χ0v) is 15.7.